The second kappa shape index (κ2) is 5.78. The summed E-state index contributed by atoms with van der Waals surface area (Å²) in [6, 6.07) is 6.80. The minimum Gasteiger partial charge on any atom is -0.480 e. The minimum absolute atomic E-state index is 0.237. The van der Waals surface area contributed by atoms with E-state index in [2.05, 4.69) is 5.10 Å². The van der Waals surface area contributed by atoms with Crippen LogP contribution in [0, 0.1) is 0 Å². The smallest absolute Gasteiger partial charge is 0.326 e. The number of nitrogens with zero attached hydrogens (tertiary/aromatic N) is 3. The van der Waals surface area contributed by atoms with Crippen molar-refractivity contribution in [3.8, 4) is 0 Å². The zero-order chi connectivity index (χ0) is 17.5. The van der Waals surface area contributed by atoms with Gasteiger partial charge in [-0.25, -0.2) is 4.79 Å². The zero-order valence-corrected chi connectivity index (χ0v) is 14.1. The van der Waals surface area contributed by atoms with Gasteiger partial charge in [0.15, 0.2) is 0 Å². The van der Waals surface area contributed by atoms with Crippen LogP contribution in [0.4, 0.5) is 0 Å². The highest BCUT2D eigenvalue weighted by atomic mass is 16.4. The van der Waals surface area contributed by atoms with Crippen molar-refractivity contribution in [3.63, 3.8) is 0 Å². The van der Waals surface area contributed by atoms with Crippen LogP contribution in [0.1, 0.15) is 42.3 Å². The Morgan fingerprint density at radius 3 is 2.46 bits per heavy atom. The van der Waals surface area contributed by atoms with E-state index >= 15 is 0 Å². The van der Waals surface area contributed by atoms with Crippen molar-refractivity contribution in [2.75, 3.05) is 0 Å². The summed E-state index contributed by atoms with van der Waals surface area (Å²) in [5.74, 6) is -1.28. The Balaban J connectivity index is 1.93. The number of aromatic nitrogens is 2. The number of amides is 1. The van der Waals surface area contributed by atoms with E-state index in [9.17, 15) is 14.7 Å². The van der Waals surface area contributed by atoms with E-state index in [4.69, 9.17) is 0 Å². The molecule has 24 heavy (non-hydrogen) atoms. The van der Waals surface area contributed by atoms with Crippen LogP contribution in [-0.2, 0) is 23.3 Å². The lowest BCUT2D eigenvalue weighted by molar-refractivity contribution is -0.142. The number of carboxylic acids is 1. The quantitative estimate of drug-likeness (QED) is 0.918. The first kappa shape index (κ1) is 16.2. The predicted molar refractivity (Wildman–Crippen MR) is 88.7 cm³/mol. The lowest BCUT2D eigenvalue weighted by Gasteiger charge is -2.34. The van der Waals surface area contributed by atoms with Gasteiger partial charge < -0.3 is 10.0 Å². The van der Waals surface area contributed by atoms with Gasteiger partial charge in [0.1, 0.15) is 6.04 Å². The number of carbonyl (C=O) groups excluding carboxylic acids is 1. The second-order valence-corrected chi connectivity index (χ2v) is 7.10. The SMILES string of the molecule is CC(C)(C)n1cc(C(=O)N2Cc3ccccc3C[C@@H]2C(=O)O)cn1. The van der Waals surface area contributed by atoms with E-state index in [-0.39, 0.29) is 11.4 Å². The van der Waals surface area contributed by atoms with E-state index < -0.39 is 12.0 Å². The first-order valence-corrected chi connectivity index (χ1v) is 7.93. The van der Waals surface area contributed by atoms with Gasteiger partial charge in [-0.3, -0.25) is 9.48 Å². The molecule has 2 aromatic rings. The van der Waals surface area contributed by atoms with Crippen molar-refractivity contribution in [1.29, 1.82) is 0 Å². The lowest BCUT2D eigenvalue weighted by atomic mass is 9.93. The standard InChI is InChI=1S/C18H21N3O3/c1-18(2,3)21-11-14(9-19-21)16(22)20-10-13-7-5-4-6-12(13)8-15(20)17(23)24/h4-7,9,11,15H,8,10H2,1-3H3,(H,23,24)/t15-/m1/s1. The number of benzene rings is 1. The number of aliphatic carboxylic acids is 1. The Hall–Kier alpha value is -2.63. The van der Waals surface area contributed by atoms with Crippen LogP contribution in [0.15, 0.2) is 36.7 Å². The van der Waals surface area contributed by atoms with Crippen molar-refractivity contribution in [2.45, 2.75) is 45.3 Å². The number of hydrogen-bond acceptors (Lipinski definition) is 3. The maximum atomic E-state index is 12.9. The number of hydrogen-bond donors (Lipinski definition) is 1. The van der Waals surface area contributed by atoms with Gasteiger partial charge in [0.25, 0.3) is 5.91 Å². The summed E-state index contributed by atoms with van der Waals surface area (Å²) in [5.41, 5.74) is 2.15. The van der Waals surface area contributed by atoms with Crippen molar-refractivity contribution in [2.24, 2.45) is 0 Å². The summed E-state index contributed by atoms with van der Waals surface area (Å²) >= 11 is 0. The van der Waals surface area contributed by atoms with Crippen molar-refractivity contribution < 1.29 is 14.7 Å². The predicted octanol–water partition coefficient (Wildman–Crippen LogP) is 2.29. The fourth-order valence-corrected chi connectivity index (χ4v) is 2.92. The van der Waals surface area contributed by atoms with E-state index in [1.807, 2.05) is 45.0 Å². The van der Waals surface area contributed by atoms with E-state index in [1.54, 1.807) is 10.9 Å². The average molecular weight is 327 g/mol. The molecule has 6 nitrogen and oxygen atoms in total. The van der Waals surface area contributed by atoms with E-state index in [0.717, 1.165) is 11.1 Å². The second-order valence-electron chi connectivity index (χ2n) is 7.10. The molecule has 0 saturated heterocycles. The zero-order valence-electron chi connectivity index (χ0n) is 14.1. The van der Waals surface area contributed by atoms with Crippen LogP contribution < -0.4 is 0 Å². The number of carboxylic acid groups (broad SMARTS) is 1. The third-order valence-electron chi connectivity index (χ3n) is 4.31. The molecule has 1 aromatic carbocycles. The first-order chi connectivity index (χ1) is 11.3. The van der Waals surface area contributed by atoms with Gasteiger partial charge in [-0.1, -0.05) is 24.3 Å². The van der Waals surface area contributed by atoms with Gasteiger partial charge in [-0.15, -0.1) is 0 Å². The Kier molecular flexibility index (Phi) is 3.91. The molecule has 1 aromatic heterocycles. The Morgan fingerprint density at radius 1 is 1.21 bits per heavy atom. The highest BCUT2D eigenvalue weighted by molar-refractivity contribution is 5.96. The van der Waals surface area contributed by atoms with Crippen LogP contribution in [0.5, 0.6) is 0 Å². The molecule has 1 amide bonds. The van der Waals surface area contributed by atoms with E-state index in [0.29, 0.717) is 18.5 Å². The fourth-order valence-electron chi connectivity index (χ4n) is 2.92. The summed E-state index contributed by atoms with van der Waals surface area (Å²) in [4.78, 5) is 26.0. The van der Waals surface area contributed by atoms with Crippen LogP contribution in [0.2, 0.25) is 0 Å². The molecule has 2 heterocycles. The highest BCUT2D eigenvalue weighted by Crippen LogP contribution is 2.25. The molecule has 6 heteroatoms. The Labute approximate surface area is 140 Å². The molecule has 0 radical (unpaired) electrons. The van der Waals surface area contributed by atoms with Gasteiger partial charge in [0.05, 0.1) is 17.3 Å². The molecule has 3 rings (SSSR count). The number of rotatable bonds is 2. The average Bonchev–Trinajstić information content (AvgIpc) is 3.03. The van der Waals surface area contributed by atoms with Gasteiger partial charge >= 0.3 is 5.97 Å². The molecule has 0 saturated carbocycles. The van der Waals surface area contributed by atoms with E-state index in [1.165, 1.54) is 11.1 Å². The largest absolute Gasteiger partial charge is 0.480 e. The molecular formula is C18H21N3O3. The maximum absolute atomic E-state index is 12.9. The van der Waals surface area contributed by atoms with Crippen LogP contribution in [0.25, 0.3) is 0 Å². The minimum atomic E-state index is -0.985. The first-order valence-electron chi connectivity index (χ1n) is 7.93. The Bertz CT molecular complexity index is 789. The summed E-state index contributed by atoms with van der Waals surface area (Å²) in [5, 5.41) is 13.8. The van der Waals surface area contributed by atoms with Crippen molar-refractivity contribution >= 4 is 11.9 Å². The molecule has 0 spiro atoms. The molecule has 1 aliphatic rings. The van der Waals surface area contributed by atoms with Crippen LogP contribution in [-0.4, -0.2) is 37.7 Å². The third-order valence-corrected chi connectivity index (χ3v) is 4.31. The molecule has 1 aliphatic heterocycles. The molecule has 0 unspecified atom stereocenters. The van der Waals surface area contributed by atoms with Gasteiger partial charge in [0.2, 0.25) is 0 Å². The fraction of sp³-hybridized carbons (Fsp3) is 0.389. The normalized spacial score (nSPS) is 17.5. The molecular weight excluding hydrogens is 306 g/mol. The van der Waals surface area contributed by atoms with Crippen molar-refractivity contribution in [1.82, 2.24) is 14.7 Å². The van der Waals surface area contributed by atoms with Crippen LogP contribution in [0.3, 0.4) is 0 Å². The van der Waals surface area contributed by atoms with Gasteiger partial charge in [-0.05, 0) is 31.9 Å². The number of carbonyl (C=O) groups is 2. The Morgan fingerprint density at radius 2 is 1.88 bits per heavy atom. The molecule has 1 N–H and O–H groups in total. The molecule has 1 atom stereocenters. The monoisotopic (exact) mass is 327 g/mol. The van der Waals surface area contributed by atoms with Gasteiger partial charge in [-0.2, -0.15) is 5.10 Å². The topological polar surface area (TPSA) is 75.4 Å². The summed E-state index contributed by atoms with van der Waals surface area (Å²) in [6.45, 7) is 6.27. The third kappa shape index (κ3) is 2.91. The maximum Gasteiger partial charge on any atom is 0.326 e. The summed E-state index contributed by atoms with van der Waals surface area (Å²) in [6.07, 6.45) is 3.51. The highest BCUT2D eigenvalue weighted by Gasteiger charge is 2.35. The molecule has 126 valence electrons. The molecule has 0 bridgehead atoms. The lowest BCUT2D eigenvalue weighted by Crippen LogP contribution is -2.48. The van der Waals surface area contributed by atoms with Crippen molar-refractivity contribution in [3.05, 3.63) is 53.3 Å². The number of fused-ring (bicyclic) bond motifs is 1. The molecule has 0 aliphatic carbocycles. The van der Waals surface area contributed by atoms with Gasteiger partial charge in [0, 0.05) is 19.2 Å². The molecule has 0 fully saturated rings. The van der Waals surface area contributed by atoms with Crippen LogP contribution >= 0.6 is 0 Å². The summed E-state index contributed by atoms with van der Waals surface area (Å²) < 4.78 is 1.72. The summed E-state index contributed by atoms with van der Waals surface area (Å²) in [7, 11) is 0.